The molecule has 1 aromatic rings. The van der Waals surface area contributed by atoms with Crippen LogP contribution >= 0.6 is 22.6 Å². The fourth-order valence-corrected chi connectivity index (χ4v) is 5.43. The quantitative estimate of drug-likeness (QED) is 0.214. The van der Waals surface area contributed by atoms with Gasteiger partial charge in [-0.05, 0) is 78.9 Å². The van der Waals surface area contributed by atoms with E-state index in [1.54, 1.807) is 0 Å². The summed E-state index contributed by atoms with van der Waals surface area (Å²) in [7, 11) is 0. The summed E-state index contributed by atoms with van der Waals surface area (Å²) in [6.45, 7) is 2.23. The van der Waals surface area contributed by atoms with Crippen LogP contribution in [0.15, 0.2) is 12.1 Å². The van der Waals surface area contributed by atoms with Gasteiger partial charge in [0.2, 0.25) is 0 Å². The van der Waals surface area contributed by atoms with Crippen molar-refractivity contribution in [2.75, 3.05) is 0 Å². The van der Waals surface area contributed by atoms with Crippen LogP contribution in [0.4, 0.5) is 17.6 Å². The Morgan fingerprint density at radius 1 is 0.929 bits per heavy atom. The van der Waals surface area contributed by atoms with E-state index in [1.807, 2.05) is 0 Å². The first-order valence-corrected chi connectivity index (χ1v) is 11.6. The van der Waals surface area contributed by atoms with Gasteiger partial charge >= 0.3 is 6.11 Å². The van der Waals surface area contributed by atoms with Gasteiger partial charge in [0.15, 0.2) is 0 Å². The number of hydrogen-bond acceptors (Lipinski definition) is 1. The second-order valence-electron chi connectivity index (χ2n) is 8.55. The monoisotopic (exact) mass is 512 g/mol. The average Bonchev–Trinajstić information content (AvgIpc) is 2.67. The molecule has 3 rings (SSSR count). The molecule has 28 heavy (non-hydrogen) atoms. The molecule has 2 aliphatic rings. The van der Waals surface area contributed by atoms with Crippen LogP contribution in [0.25, 0.3) is 0 Å². The van der Waals surface area contributed by atoms with E-state index in [4.69, 9.17) is 4.74 Å². The molecule has 0 N–H and O–H groups in total. The fourth-order valence-electron chi connectivity index (χ4n) is 5.11. The summed E-state index contributed by atoms with van der Waals surface area (Å²) in [5, 5.41) is 0. The van der Waals surface area contributed by atoms with Gasteiger partial charge in [0.05, 0.1) is 9.49 Å². The Hall–Kier alpha value is -0.530. The Labute approximate surface area is 178 Å². The minimum absolute atomic E-state index is 0.220. The highest BCUT2D eigenvalue weighted by Crippen LogP contribution is 2.46. The van der Waals surface area contributed by atoms with Gasteiger partial charge < -0.3 is 4.74 Å². The smallest absolute Gasteiger partial charge is 0.400 e. The molecule has 0 bridgehead atoms. The van der Waals surface area contributed by atoms with Crippen LogP contribution in [0, 0.1) is 38.9 Å². The van der Waals surface area contributed by atoms with Gasteiger partial charge in [-0.3, -0.25) is 0 Å². The predicted octanol–water partition coefficient (Wildman–Crippen LogP) is 7.95. The maximum absolute atomic E-state index is 14.6. The summed E-state index contributed by atoms with van der Waals surface area (Å²) in [4.78, 5) is 0. The Balaban J connectivity index is 1.52. The van der Waals surface area contributed by atoms with Gasteiger partial charge in [-0.15, -0.1) is 0 Å². The second-order valence-corrected chi connectivity index (χ2v) is 9.62. The highest BCUT2D eigenvalue weighted by atomic mass is 127. The lowest BCUT2D eigenvalue weighted by Gasteiger charge is -2.39. The van der Waals surface area contributed by atoms with Crippen LogP contribution < -0.4 is 4.74 Å². The molecule has 6 heteroatoms. The molecule has 0 atom stereocenters. The van der Waals surface area contributed by atoms with E-state index >= 15 is 0 Å². The Bertz CT molecular complexity index is 627. The molecule has 2 saturated carbocycles. The van der Waals surface area contributed by atoms with E-state index in [1.165, 1.54) is 61.1 Å². The normalized spacial score (nSPS) is 28.9. The van der Waals surface area contributed by atoms with Crippen molar-refractivity contribution >= 4 is 22.6 Å². The van der Waals surface area contributed by atoms with Crippen LogP contribution in [0.3, 0.4) is 0 Å². The summed E-state index contributed by atoms with van der Waals surface area (Å²) in [6.07, 6.45) is 6.56. The van der Waals surface area contributed by atoms with Gasteiger partial charge in [0.25, 0.3) is 0 Å². The maximum atomic E-state index is 14.6. The maximum Gasteiger partial charge on any atom is 0.400 e. The van der Waals surface area contributed by atoms with Gasteiger partial charge in [0, 0.05) is 12.1 Å². The van der Waals surface area contributed by atoms with Crippen molar-refractivity contribution in [2.45, 2.75) is 77.2 Å². The number of halogens is 5. The number of alkyl halides is 2. The largest absolute Gasteiger partial charge is 0.432 e. The average molecular weight is 512 g/mol. The van der Waals surface area contributed by atoms with E-state index in [0.29, 0.717) is 24.7 Å². The summed E-state index contributed by atoms with van der Waals surface area (Å²) in [5.41, 5.74) is 0. The SMILES string of the molecule is CCCC1CCC(C2CCC(C(F)(F)Oc3cc(F)c(I)c(F)c3)CC2)CC1. The van der Waals surface area contributed by atoms with Crippen LogP contribution in [0.5, 0.6) is 5.75 Å². The van der Waals surface area contributed by atoms with E-state index in [-0.39, 0.29) is 3.57 Å². The Morgan fingerprint density at radius 2 is 1.43 bits per heavy atom. The molecule has 0 heterocycles. The minimum Gasteiger partial charge on any atom is -0.432 e. The lowest BCUT2D eigenvalue weighted by atomic mass is 9.68. The molecule has 0 unspecified atom stereocenters. The molecule has 1 aromatic carbocycles. The van der Waals surface area contributed by atoms with E-state index in [9.17, 15) is 17.6 Å². The third-order valence-corrected chi connectivity index (χ3v) is 7.74. The highest BCUT2D eigenvalue weighted by molar-refractivity contribution is 14.1. The Kier molecular flexibility index (Phi) is 7.54. The first kappa shape index (κ1) is 22.2. The van der Waals surface area contributed by atoms with Crippen molar-refractivity contribution in [1.29, 1.82) is 0 Å². The molecular formula is C22H29F4IO. The first-order chi connectivity index (χ1) is 13.3. The number of rotatable bonds is 6. The molecule has 1 nitrogen and oxygen atoms in total. The molecule has 2 aliphatic carbocycles. The Morgan fingerprint density at radius 3 is 1.93 bits per heavy atom. The zero-order chi connectivity index (χ0) is 20.3. The van der Waals surface area contributed by atoms with Crippen molar-refractivity contribution < 1.29 is 22.3 Å². The van der Waals surface area contributed by atoms with Gasteiger partial charge in [-0.1, -0.05) is 32.6 Å². The van der Waals surface area contributed by atoms with Crippen LogP contribution in [-0.2, 0) is 0 Å². The summed E-state index contributed by atoms with van der Waals surface area (Å²) >= 11 is 1.50. The molecule has 0 aromatic heterocycles. The van der Waals surface area contributed by atoms with E-state index in [0.717, 1.165) is 30.9 Å². The molecular weight excluding hydrogens is 483 g/mol. The lowest BCUT2D eigenvalue weighted by Crippen LogP contribution is -2.38. The molecule has 158 valence electrons. The third-order valence-electron chi connectivity index (χ3n) is 6.71. The highest BCUT2D eigenvalue weighted by Gasteiger charge is 2.45. The lowest BCUT2D eigenvalue weighted by molar-refractivity contribution is -0.224. The molecule has 0 aliphatic heterocycles. The van der Waals surface area contributed by atoms with Gasteiger partial charge in [-0.2, -0.15) is 8.78 Å². The van der Waals surface area contributed by atoms with Gasteiger partial charge in [0.1, 0.15) is 17.4 Å². The summed E-state index contributed by atoms with van der Waals surface area (Å²) in [6, 6.07) is 1.66. The first-order valence-electron chi connectivity index (χ1n) is 10.5. The second kappa shape index (κ2) is 9.52. The standard InChI is InChI=1S/C22H29F4IO/c1-2-3-14-4-6-15(7-5-14)16-8-10-17(11-9-16)22(25,26)28-18-12-19(23)21(27)20(24)13-18/h12-17H,2-11H2,1H3. The van der Waals surface area contributed by atoms with E-state index < -0.39 is 29.4 Å². The number of hydrogen-bond donors (Lipinski definition) is 0. The zero-order valence-electron chi connectivity index (χ0n) is 16.3. The summed E-state index contributed by atoms with van der Waals surface area (Å²) < 4.78 is 61.0. The van der Waals surface area contributed by atoms with Crippen molar-refractivity contribution in [3.8, 4) is 5.75 Å². The molecule has 0 saturated heterocycles. The minimum atomic E-state index is -3.41. The van der Waals surface area contributed by atoms with E-state index in [2.05, 4.69) is 6.92 Å². The van der Waals surface area contributed by atoms with Crippen LogP contribution in [-0.4, -0.2) is 6.11 Å². The molecule has 0 radical (unpaired) electrons. The predicted molar refractivity (Wildman–Crippen MR) is 110 cm³/mol. The fraction of sp³-hybridized carbons (Fsp3) is 0.727. The third kappa shape index (κ3) is 5.33. The molecule has 2 fully saturated rings. The number of benzene rings is 1. The molecule has 0 spiro atoms. The van der Waals surface area contributed by atoms with Crippen molar-refractivity contribution in [3.05, 3.63) is 27.3 Å². The van der Waals surface area contributed by atoms with Crippen molar-refractivity contribution in [3.63, 3.8) is 0 Å². The van der Waals surface area contributed by atoms with Gasteiger partial charge in [-0.25, -0.2) is 8.78 Å². The van der Waals surface area contributed by atoms with Crippen LogP contribution in [0.1, 0.15) is 71.1 Å². The summed E-state index contributed by atoms with van der Waals surface area (Å²) in [5.74, 6) is -1.05. The van der Waals surface area contributed by atoms with Crippen molar-refractivity contribution in [1.82, 2.24) is 0 Å². The topological polar surface area (TPSA) is 9.23 Å². The molecule has 0 amide bonds. The van der Waals surface area contributed by atoms with Crippen LogP contribution in [0.2, 0.25) is 0 Å². The zero-order valence-corrected chi connectivity index (χ0v) is 18.5. The van der Waals surface area contributed by atoms with Crippen molar-refractivity contribution in [2.24, 2.45) is 23.7 Å². The number of ether oxygens (including phenoxy) is 1.